The fourth-order valence-electron chi connectivity index (χ4n) is 1.56. The molecule has 0 atom stereocenters. The van der Waals surface area contributed by atoms with Gasteiger partial charge in [0.1, 0.15) is 5.82 Å². The number of benzene rings is 1. The molecule has 2 N–H and O–H groups in total. The Balaban J connectivity index is 2.60. The number of rotatable bonds is 6. The molecule has 0 aromatic heterocycles. The Kier molecular flexibility index (Phi) is 5.37. The molecule has 0 saturated carbocycles. The lowest BCUT2D eigenvalue weighted by Crippen LogP contribution is -2.37. The van der Waals surface area contributed by atoms with Crippen molar-refractivity contribution in [2.45, 2.75) is 26.4 Å². The van der Waals surface area contributed by atoms with Gasteiger partial charge in [-0.2, -0.15) is 0 Å². The molecule has 0 bridgehead atoms. The molecule has 0 fully saturated rings. The summed E-state index contributed by atoms with van der Waals surface area (Å²) >= 11 is 0. The van der Waals surface area contributed by atoms with Gasteiger partial charge in [-0.1, -0.05) is 0 Å². The van der Waals surface area contributed by atoms with E-state index in [0.29, 0.717) is 0 Å². The molecular formula is C12H16FN3O3. The van der Waals surface area contributed by atoms with E-state index >= 15 is 0 Å². The van der Waals surface area contributed by atoms with E-state index in [-0.39, 0.29) is 36.3 Å². The van der Waals surface area contributed by atoms with E-state index in [1.807, 2.05) is 13.8 Å². The van der Waals surface area contributed by atoms with Crippen LogP contribution in [0, 0.1) is 15.9 Å². The van der Waals surface area contributed by atoms with Crippen LogP contribution in [0.1, 0.15) is 19.4 Å². The van der Waals surface area contributed by atoms with Crippen LogP contribution < -0.4 is 10.6 Å². The molecular weight excluding hydrogens is 253 g/mol. The van der Waals surface area contributed by atoms with E-state index in [4.69, 9.17) is 0 Å². The van der Waals surface area contributed by atoms with Crippen LogP contribution in [0.25, 0.3) is 0 Å². The number of carbonyl (C=O) groups is 1. The number of nitrogens with one attached hydrogen (secondary N) is 2. The van der Waals surface area contributed by atoms with Crippen LogP contribution in [0.3, 0.4) is 0 Å². The Morgan fingerprint density at radius 2 is 2.16 bits per heavy atom. The van der Waals surface area contributed by atoms with Gasteiger partial charge in [0.05, 0.1) is 11.5 Å². The molecule has 0 aliphatic carbocycles. The molecule has 0 heterocycles. The van der Waals surface area contributed by atoms with Crippen molar-refractivity contribution in [1.82, 2.24) is 10.6 Å². The molecule has 0 saturated heterocycles. The third-order valence-corrected chi connectivity index (χ3v) is 2.29. The largest absolute Gasteiger partial charge is 0.353 e. The number of amides is 1. The number of carbonyl (C=O) groups excluding carboxylic acids is 1. The summed E-state index contributed by atoms with van der Waals surface area (Å²) in [6.07, 6.45) is 0. The van der Waals surface area contributed by atoms with Crippen LogP contribution in [0.5, 0.6) is 0 Å². The van der Waals surface area contributed by atoms with Crippen LogP contribution in [0.15, 0.2) is 18.2 Å². The van der Waals surface area contributed by atoms with E-state index in [2.05, 4.69) is 10.6 Å². The van der Waals surface area contributed by atoms with Crippen molar-refractivity contribution in [1.29, 1.82) is 0 Å². The van der Waals surface area contributed by atoms with Crippen molar-refractivity contribution >= 4 is 11.6 Å². The number of nitro groups is 1. The highest BCUT2D eigenvalue weighted by molar-refractivity contribution is 5.78. The highest BCUT2D eigenvalue weighted by Gasteiger charge is 2.14. The topological polar surface area (TPSA) is 84.3 Å². The fraction of sp³-hybridized carbons (Fsp3) is 0.417. The summed E-state index contributed by atoms with van der Waals surface area (Å²) in [5, 5.41) is 16.2. The lowest BCUT2D eigenvalue weighted by atomic mass is 10.1. The Morgan fingerprint density at radius 3 is 2.74 bits per heavy atom. The highest BCUT2D eigenvalue weighted by Crippen LogP contribution is 2.19. The molecule has 104 valence electrons. The number of halogens is 1. The van der Waals surface area contributed by atoms with E-state index in [0.717, 1.165) is 18.2 Å². The minimum atomic E-state index is -0.579. The first-order chi connectivity index (χ1) is 8.90. The fourth-order valence-corrected chi connectivity index (χ4v) is 1.56. The predicted octanol–water partition coefficient (Wildman–Crippen LogP) is 1.35. The molecule has 1 amide bonds. The first kappa shape index (κ1) is 15.0. The smallest absolute Gasteiger partial charge is 0.274 e. The number of hydrogen-bond acceptors (Lipinski definition) is 4. The number of hydrogen-bond donors (Lipinski definition) is 2. The van der Waals surface area contributed by atoms with Gasteiger partial charge < -0.3 is 10.6 Å². The molecule has 7 heteroatoms. The van der Waals surface area contributed by atoms with Crippen molar-refractivity contribution in [3.63, 3.8) is 0 Å². The quantitative estimate of drug-likeness (QED) is 0.603. The lowest BCUT2D eigenvalue weighted by molar-refractivity contribution is -0.385. The monoisotopic (exact) mass is 269 g/mol. The number of nitrogens with zero attached hydrogens (tertiary/aromatic N) is 1. The van der Waals surface area contributed by atoms with Gasteiger partial charge in [-0.15, -0.1) is 0 Å². The van der Waals surface area contributed by atoms with Crippen molar-refractivity contribution in [2.24, 2.45) is 0 Å². The van der Waals surface area contributed by atoms with Crippen LogP contribution in [0.4, 0.5) is 10.1 Å². The normalized spacial score (nSPS) is 10.5. The summed E-state index contributed by atoms with van der Waals surface area (Å²) in [5.41, 5.74) is 0.0421. The predicted molar refractivity (Wildman–Crippen MR) is 68.0 cm³/mol. The second-order valence-corrected chi connectivity index (χ2v) is 4.36. The molecule has 19 heavy (non-hydrogen) atoms. The molecule has 1 aromatic rings. The molecule has 0 unspecified atom stereocenters. The van der Waals surface area contributed by atoms with Gasteiger partial charge in [-0.05, 0) is 26.0 Å². The van der Waals surface area contributed by atoms with Gasteiger partial charge in [0.2, 0.25) is 5.91 Å². The van der Waals surface area contributed by atoms with Gasteiger partial charge in [0, 0.05) is 24.2 Å². The van der Waals surface area contributed by atoms with Crippen LogP contribution in [0.2, 0.25) is 0 Å². The first-order valence-electron chi connectivity index (χ1n) is 5.83. The molecule has 0 spiro atoms. The Morgan fingerprint density at radius 1 is 1.47 bits per heavy atom. The zero-order valence-electron chi connectivity index (χ0n) is 10.8. The maximum absolute atomic E-state index is 13.0. The molecule has 0 aliphatic heterocycles. The Hall–Kier alpha value is -2.02. The van der Waals surface area contributed by atoms with Crippen LogP contribution >= 0.6 is 0 Å². The summed E-state index contributed by atoms with van der Waals surface area (Å²) in [4.78, 5) is 21.5. The first-order valence-corrected chi connectivity index (χ1v) is 5.83. The van der Waals surface area contributed by atoms with Crippen LogP contribution in [-0.2, 0) is 11.3 Å². The van der Waals surface area contributed by atoms with Crippen LogP contribution in [-0.4, -0.2) is 23.4 Å². The summed E-state index contributed by atoms with van der Waals surface area (Å²) in [6, 6.07) is 3.26. The molecule has 1 rings (SSSR count). The third kappa shape index (κ3) is 5.01. The zero-order valence-corrected chi connectivity index (χ0v) is 10.8. The second kappa shape index (κ2) is 6.79. The molecule has 6 nitrogen and oxygen atoms in total. The van der Waals surface area contributed by atoms with Gasteiger partial charge in [0.15, 0.2) is 0 Å². The maximum atomic E-state index is 13.0. The van der Waals surface area contributed by atoms with E-state index in [9.17, 15) is 19.3 Å². The minimum absolute atomic E-state index is 0.0197. The second-order valence-electron chi connectivity index (χ2n) is 4.36. The van der Waals surface area contributed by atoms with Gasteiger partial charge >= 0.3 is 0 Å². The summed E-state index contributed by atoms with van der Waals surface area (Å²) < 4.78 is 13.0. The third-order valence-electron chi connectivity index (χ3n) is 2.29. The lowest BCUT2D eigenvalue weighted by Gasteiger charge is -2.09. The van der Waals surface area contributed by atoms with Crippen molar-refractivity contribution < 1.29 is 14.1 Å². The maximum Gasteiger partial charge on any atom is 0.274 e. The van der Waals surface area contributed by atoms with E-state index in [1.54, 1.807) is 0 Å². The SMILES string of the molecule is CC(C)NC(=O)CNCc1cc(F)ccc1[N+](=O)[O-]. The van der Waals surface area contributed by atoms with Gasteiger partial charge in [0.25, 0.3) is 5.69 Å². The summed E-state index contributed by atoms with van der Waals surface area (Å²) in [6.45, 7) is 3.73. The average molecular weight is 269 g/mol. The molecule has 1 aromatic carbocycles. The minimum Gasteiger partial charge on any atom is -0.353 e. The van der Waals surface area contributed by atoms with E-state index < -0.39 is 10.7 Å². The Labute approximate surface area is 110 Å². The zero-order chi connectivity index (χ0) is 14.4. The average Bonchev–Trinajstić information content (AvgIpc) is 2.27. The summed E-state index contributed by atoms with van der Waals surface area (Å²) in [5.74, 6) is -0.761. The summed E-state index contributed by atoms with van der Waals surface area (Å²) in [7, 11) is 0. The van der Waals surface area contributed by atoms with Crippen molar-refractivity contribution in [3.8, 4) is 0 Å². The highest BCUT2D eigenvalue weighted by atomic mass is 19.1. The molecule has 0 aliphatic rings. The number of nitro benzene ring substituents is 1. The standard InChI is InChI=1S/C12H16FN3O3/c1-8(2)15-12(17)7-14-6-9-5-10(13)3-4-11(9)16(18)19/h3-5,8,14H,6-7H2,1-2H3,(H,15,17). The van der Waals surface area contributed by atoms with Crippen molar-refractivity contribution in [2.75, 3.05) is 6.54 Å². The molecule has 0 radical (unpaired) electrons. The van der Waals surface area contributed by atoms with E-state index in [1.165, 1.54) is 0 Å². The van der Waals surface area contributed by atoms with Crippen molar-refractivity contribution in [3.05, 3.63) is 39.7 Å². The Bertz CT molecular complexity index is 477. The van der Waals surface area contributed by atoms with Gasteiger partial charge in [-0.25, -0.2) is 4.39 Å². The van der Waals surface area contributed by atoms with Gasteiger partial charge in [-0.3, -0.25) is 14.9 Å².